The van der Waals surface area contributed by atoms with Crippen LogP contribution >= 0.6 is 0 Å². The van der Waals surface area contributed by atoms with Gasteiger partial charge in [-0.1, -0.05) is 12.1 Å². The Labute approximate surface area is 185 Å². The highest BCUT2D eigenvalue weighted by atomic mass is 19.3. The molecule has 5 rings (SSSR count). The molecule has 2 saturated heterocycles. The van der Waals surface area contributed by atoms with Gasteiger partial charge in [0.05, 0.1) is 24.2 Å². The van der Waals surface area contributed by atoms with Crippen LogP contribution in [0.2, 0.25) is 0 Å². The van der Waals surface area contributed by atoms with Crippen LogP contribution in [0, 0.1) is 0 Å². The quantitative estimate of drug-likeness (QED) is 0.627. The molecule has 0 saturated carbocycles. The highest BCUT2D eigenvalue weighted by molar-refractivity contribution is 5.78. The van der Waals surface area contributed by atoms with Gasteiger partial charge in [-0.05, 0) is 44.5 Å². The molecule has 0 amide bonds. The van der Waals surface area contributed by atoms with Gasteiger partial charge in [0, 0.05) is 25.2 Å². The maximum absolute atomic E-state index is 13.9. The lowest BCUT2D eigenvalue weighted by molar-refractivity contribution is 0.122. The highest BCUT2D eigenvalue weighted by Crippen LogP contribution is 2.29. The van der Waals surface area contributed by atoms with E-state index < -0.39 is 6.43 Å². The first-order valence-electron chi connectivity index (χ1n) is 11.1. The second kappa shape index (κ2) is 9.33. The number of imidazole rings is 1. The average molecular weight is 444 g/mol. The van der Waals surface area contributed by atoms with Gasteiger partial charge in [0.25, 0.3) is 6.43 Å². The fraction of sp³-hybridized carbons (Fsp3) is 0.500. The van der Waals surface area contributed by atoms with Crippen molar-refractivity contribution in [2.75, 3.05) is 49.6 Å². The molecule has 2 aromatic heterocycles. The number of alkyl halides is 2. The molecule has 2 fully saturated rings. The van der Waals surface area contributed by atoms with E-state index >= 15 is 0 Å². The Hall–Kier alpha value is -2.85. The number of morpholine rings is 1. The van der Waals surface area contributed by atoms with Crippen LogP contribution < -0.4 is 15.5 Å². The number of halogens is 2. The minimum atomic E-state index is -2.73. The van der Waals surface area contributed by atoms with Crippen molar-refractivity contribution < 1.29 is 13.5 Å². The minimum absolute atomic E-state index is 0.263. The summed E-state index contributed by atoms with van der Waals surface area (Å²) in [5.74, 6) is 1.22. The van der Waals surface area contributed by atoms with Gasteiger partial charge in [0.2, 0.25) is 5.95 Å². The molecule has 0 spiro atoms. The Morgan fingerprint density at radius 1 is 1.06 bits per heavy atom. The van der Waals surface area contributed by atoms with Gasteiger partial charge in [0.15, 0.2) is 5.82 Å². The lowest BCUT2D eigenvalue weighted by atomic mass is 10.1. The molecule has 1 atom stereocenters. The van der Waals surface area contributed by atoms with Gasteiger partial charge in [0.1, 0.15) is 11.6 Å². The van der Waals surface area contributed by atoms with Crippen molar-refractivity contribution in [2.24, 2.45) is 0 Å². The van der Waals surface area contributed by atoms with Crippen LogP contribution in [0.1, 0.15) is 31.5 Å². The number of hydrogen-bond donors (Lipinski definition) is 2. The second-order valence-electron chi connectivity index (χ2n) is 8.13. The van der Waals surface area contributed by atoms with E-state index in [9.17, 15) is 8.78 Å². The number of nitrogens with one attached hydrogen (secondary N) is 2. The number of benzene rings is 1. The van der Waals surface area contributed by atoms with Crippen LogP contribution in [-0.4, -0.2) is 65.0 Å². The third kappa shape index (κ3) is 4.37. The molecule has 0 bridgehead atoms. The van der Waals surface area contributed by atoms with Crippen LogP contribution in [0.15, 0.2) is 30.3 Å². The maximum atomic E-state index is 13.9. The molecule has 0 aliphatic carbocycles. The topological polar surface area (TPSA) is 80.1 Å². The van der Waals surface area contributed by atoms with E-state index in [1.165, 1.54) is 4.57 Å². The van der Waals surface area contributed by atoms with Crippen molar-refractivity contribution >= 4 is 22.8 Å². The van der Waals surface area contributed by atoms with Crippen molar-refractivity contribution in [1.29, 1.82) is 0 Å². The fourth-order valence-electron chi connectivity index (χ4n) is 4.32. The predicted octanol–water partition coefficient (Wildman–Crippen LogP) is 3.14. The van der Waals surface area contributed by atoms with E-state index in [1.807, 2.05) is 11.0 Å². The Morgan fingerprint density at radius 3 is 2.75 bits per heavy atom. The zero-order chi connectivity index (χ0) is 21.9. The molecule has 8 nitrogen and oxygen atoms in total. The first-order valence-corrected chi connectivity index (χ1v) is 11.1. The molecule has 1 unspecified atom stereocenters. The molecule has 2 aliphatic heterocycles. The highest BCUT2D eigenvalue weighted by Gasteiger charge is 2.24. The summed E-state index contributed by atoms with van der Waals surface area (Å²) in [4.78, 5) is 15.7. The zero-order valence-corrected chi connectivity index (χ0v) is 17.8. The van der Waals surface area contributed by atoms with Crippen LogP contribution in [0.4, 0.5) is 20.5 Å². The standard InChI is InChI=1S/C22H27F2N7O/c23-20(24)21-27-16-5-1-2-6-17(16)31(21)19-14-18(26-15-4-3-8-25-9-7-15)28-22(29-19)30-10-12-32-13-11-30/h1-2,5-6,14-15,20,25H,3-4,7-13H2,(H,26,28,29). The summed E-state index contributed by atoms with van der Waals surface area (Å²) in [6.45, 7) is 4.42. The third-order valence-corrected chi connectivity index (χ3v) is 5.93. The van der Waals surface area contributed by atoms with Crippen LogP contribution in [0.25, 0.3) is 16.9 Å². The lowest BCUT2D eigenvalue weighted by Gasteiger charge is -2.28. The molecule has 4 heterocycles. The molecular formula is C22H27F2N7O. The van der Waals surface area contributed by atoms with Gasteiger partial charge >= 0.3 is 0 Å². The third-order valence-electron chi connectivity index (χ3n) is 5.93. The summed E-state index contributed by atoms with van der Waals surface area (Å²) in [7, 11) is 0. The summed E-state index contributed by atoms with van der Waals surface area (Å²) in [6.07, 6.45) is 0.347. The van der Waals surface area contributed by atoms with Crippen molar-refractivity contribution in [2.45, 2.75) is 31.7 Å². The molecule has 1 aromatic carbocycles. The molecule has 2 aliphatic rings. The van der Waals surface area contributed by atoms with Gasteiger partial charge < -0.3 is 20.3 Å². The van der Waals surface area contributed by atoms with Crippen molar-refractivity contribution in [3.63, 3.8) is 0 Å². The van der Waals surface area contributed by atoms with Gasteiger partial charge in [-0.25, -0.2) is 13.8 Å². The number of nitrogens with zero attached hydrogens (tertiary/aromatic N) is 5. The van der Waals surface area contributed by atoms with E-state index in [2.05, 4.69) is 15.6 Å². The van der Waals surface area contributed by atoms with Crippen LogP contribution in [0.3, 0.4) is 0 Å². The minimum Gasteiger partial charge on any atom is -0.378 e. The Balaban J connectivity index is 1.59. The molecular weight excluding hydrogens is 416 g/mol. The number of aromatic nitrogens is 4. The number of para-hydroxylation sites is 2. The molecule has 0 radical (unpaired) electrons. The van der Waals surface area contributed by atoms with Gasteiger partial charge in [-0.15, -0.1) is 0 Å². The fourth-order valence-corrected chi connectivity index (χ4v) is 4.32. The zero-order valence-electron chi connectivity index (χ0n) is 17.8. The average Bonchev–Trinajstić information content (AvgIpc) is 3.03. The van der Waals surface area contributed by atoms with Gasteiger partial charge in [-0.2, -0.15) is 9.97 Å². The van der Waals surface area contributed by atoms with Gasteiger partial charge in [-0.3, -0.25) is 4.57 Å². The Morgan fingerprint density at radius 2 is 1.91 bits per heavy atom. The Bertz CT molecular complexity index is 1060. The number of rotatable bonds is 5. The van der Waals surface area contributed by atoms with E-state index in [1.54, 1.807) is 24.3 Å². The largest absolute Gasteiger partial charge is 0.378 e. The smallest absolute Gasteiger partial charge is 0.296 e. The SMILES string of the molecule is FC(F)c1nc2ccccc2n1-c1cc(NC2CCCNCC2)nc(N2CCOCC2)n1. The number of anilines is 2. The number of fused-ring (bicyclic) bond motifs is 1. The summed E-state index contributed by atoms with van der Waals surface area (Å²) >= 11 is 0. The first-order chi connectivity index (χ1) is 15.7. The van der Waals surface area contributed by atoms with E-state index in [0.717, 1.165) is 32.4 Å². The molecule has 10 heteroatoms. The summed E-state index contributed by atoms with van der Waals surface area (Å²) in [5, 5.41) is 6.94. The first kappa shape index (κ1) is 21.0. The van der Waals surface area contributed by atoms with Crippen molar-refractivity contribution in [1.82, 2.24) is 24.8 Å². The summed E-state index contributed by atoms with van der Waals surface area (Å²) in [5.41, 5.74) is 1.11. The van der Waals surface area contributed by atoms with Crippen LogP contribution in [0.5, 0.6) is 0 Å². The van der Waals surface area contributed by atoms with Crippen LogP contribution in [-0.2, 0) is 4.74 Å². The molecule has 2 N–H and O–H groups in total. The number of ether oxygens (including phenoxy) is 1. The molecule has 3 aromatic rings. The maximum Gasteiger partial charge on any atom is 0.296 e. The van der Waals surface area contributed by atoms with Crippen molar-refractivity contribution in [3.8, 4) is 5.82 Å². The normalized spacial score (nSPS) is 20.0. The lowest BCUT2D eigenvalue weighted by Crippen LogP contribution is -2.37. The van der Waals surface area contributed by atoms with E-state index in [4.69, 9.17) is 14.7 Å². The monoisotopic (exact) mass is 443 g/mol. The molecule has 170 valence electrons. The molecule has 32 heavy (non-hydrogen) atoms. The predicted molar refractivity (Wildman–Crippen MR) is 119 cm³/mol. The second-order valence-corrected chi connectivity index (χ2v) is 8.13. The Kier molecular flexibility index (Phi) is 6.13. The van der Waals surface area contributed by atoms with E-state index in [-0.39, 0.29) is 11.9 Å². The summed E-state index contributed by atoms with van der Waals surface area (Å²) in [6, 6.07) is 9.15. The summed E-state index contributed by atoms with van der Waals surface area (Å²) < 4.78 is 34.8. The van der Waals surface area contributed by atoms with Crippen molar-refractivity contribution in [3.05, 3.63) is 36.2 Å². The van der Waals surface area contributed by atoms with E-state index in [0.29, 0.717) is 54.9 Å². The number of hydrogen-bond acceptors (Lipinski definition) is 7.